The highest BCUT2D eigenvalue weighted by atomic mass is 35.5. The number of nitrogens with one attached hydrogen (secondary N) is 1. The van der Waals surface area contributed by atoms with Crippen LogP contribution in [0.25, 0.3) is 0 Å². The van der Waals surface area contributed by atoms with Crippen molar-refractivity contribution >= 4 is 40.9 Å². The standard InChI is InChI=1S/C26H19ClFN3O2S/c27-19-8-12-21(13-9-19)31-25(33)23(14-17-6-10-20(28)11-7-17)34-26(31)22(15-29)24(32)30-16-18-4-2-1-3-5-18/h1-13,23H,14,16H2,(H,30,32)/b26-22-/t23-/m0/s1. The maximum absolute atomic E-state index is 13.4. The normalized spacial score (nSPS) is 16.8. The predicted molar refractivity (Wildman–Crippen MR) is 131 cm³/mol. The van der Waals surface area contributed by atoms with E-state index in [1.54, 1.807) is 36.4 Å². The molecule has 0 saturated carbocycles. The van der Waals surface area contributed by atoms with Crippen LogP contribution in [0.1, 0.15) is 11.1 Å². The quantitative estimate of drug-likeness (QED) is 0.379. The number of amides is 2. The fourth-order valence-corrected chi connectivity index (χ4v) is 4.95. The Bertz CT molecular complexity index is 1270. The van der Waals surface area contributed by atoms with E-state index in [1.165, 1.54) is 17.0 Å². The van der Waals surface area contributed by atoms with Crippen LogP contribution in [0.4, 0.5) is 10.1 Å². The second kappa shape index (κ2) is 10.6. The predicted octanol–water partition coefficient (Wildman–Crippen LogP) is 5.22. The van der Waals surface area contributed by atoms with Gasteiger partial charge in [-0.2, -0.15) is 5.26 Å². The number of carbonyl (C=O) groups excluding carboxylic acids is 2. The van der Waals surface area contributed by atoms with Gasteiger partial charge in [0.2, 0.25) is 5.91 Å². The van der Waals surface area contributed by atoms with Crippen molar-refractivity contribution in [2.24, 2.45) is 0 Å². The van der Waals surface area contributed by atoms with Gasteiger partial charge in [-0.05, 0) is 53.9 Å². The number of halogens is 2. The Labute approximate surface area is 205 Å². The average Bonchev–Trinajstić information content (AvgIpc) is 3.16. The summed E-state index contributed by atoms with van der Waals surface area (Å²) in [6, 6.07) is 23.8. The highest BCUT2D eigenvalue weighted by Crippen LogP contribution is 2.42. The smallest absolute Gasteiger partial charge is 0.264 e. The summed E-state index contributed by atoms with van der Waals surface area (Å²) in [6.45, 7) is 0.247. The maximum Gasteiger partial charge on any atom is 0.264 e. The molecule has 2 amide bonds. The van der Waals surface area contributed by atoms with Gasteiger partial charge in [-0.25, -0.2) is 4.39 Å². The summed E-state index contributed by atoms with van der Waals surface area (Å²) >= 11 is 7.17. The van der Waals surface area contributed by atoms with Crippen molar-refractivity contribution in [2.45, 2.75) is 18.2 Å². The number of nitriles is 1. The zero-order chi connectivity index (χ0) is 24.1. The molecule has 0 bridgehead atoms. The Hall–Kier alpha value is -3.60. The summed E-state index contributed by atoms with van der Waals surface area (Å²) in [4.78, 5) is 27.8. The van der Waals surface area contributed by atoms with Crippen molar-refractivity contribution in [3.05, 3.63) is 111 Å². The van der Waals surface area contributed by atoms with Crippen molar-refractivity contribution in [3.8, 4) is 6.07 Å². The molecule has 1 fully saturated rings. The van der Waals surface area contributed by atoms with Crippen LogP contribution in [0.5, 0.6) is 0 Å². The van der Waals surface area contributed by atoms with Crippen LogP contribution in [0.15, 0.2) is 89.5 Å². The second-order valence-electron chi connectivity index (χ2n) is 7.55. The topological polar surface area (TPSA) is 73.2 Å². The lowest BCUT2D eigenvalue weighted by atomic mass is 10.1. The third-order valence-corrected chi connectivity index (χ3v) is 6.74. The summed E-state index contributed by atoms with van der Waals surface area (Å²) in [5, 5.41) is 12.8. The lowest BCUT2D eigenvalue weighted by molar-refractivity contribution is -0.117. The first-order valence-corrected chi connectivity index (χ1v) is 11.7. The van der Waals surface area contributed by atoms with Crippen molar-refractivity contribution in [3.63, 3.8) is 0 Å². The van der Waals surface area contributed by atoms with Crippen LogP contribution in [0.2, 0.25) is 5.02 Å². The summed E-state index contributed by atoms with van der Waals surface area (Å²) in [5.74, 6) is -1.20. The molecule has 1 aliphatic heterocycles. The first kappa shape index (κ1) is 23.6. The molecule has 1 heterocycles. The monoisotopic (exact) mass is 491 g/mol. The number of carbonyl (C=O) groups is 2. The Balaban J connectivity index is 1.66. The molecule has 4 rings (SSSR count). The fourth-order valence-electron chi connectivity index (χ4n) is 3.51. The summed E-state index contributed by atoms with van der Waals surface area (Å²) in [5.41, 5.74) is 2.02. The van der Waals surface area contributed by atoms with E-state index in [-0.39, 0.29) is 28.9 Å². The van der Waals surface area contributed by atoms with E-state index in [9.17, 15) is 19.2 Å². The number of benzene rings is 3. The van der Waals surface area contributed by atoms with Gasteiger partial charge in [0.05, 0.1) is 5.25 Å². The molecule has 0 unspecified atom stereocenters. The Kier molecular flexibility index (Phi) is 7.31. The van der Waals surface area contributed by atoms with Crippen molar-refractivity contribution in [1.29, 1.82) is 5.26 Å². The van der Waals surface area contributed by atoms with Crippen LogP contribution >= 0.6 is 23.4 Å². The first-order chi connectivity index (χ1) is 16.5. The largest absolute Gasteiger partial charge is 0.347 e. The van der Waals surface area contributed by atoms with E-state index in [0.717, 1.165) is 22.9 Å². The Morgan fingerprint density at radius 3 is 2.35 bits per heavy atom. The highest BCUT2D eigenvalue weighted by molar-refractivity contribution is 8.05. The molecule has 1 saturated heterocycles. The van der Waals surface area contributed by atoms with Crippen LogP contribution in [-0.2, 0) is 22.6 Å². The van der Waals surface area contributed by atoms with E-state index < -0.39 is 11.2 Å². The minimum atomic E-state index is -0.582. The molecule has 1 N–H and O–H groups in total. The van der Waals surface area contributed by atoms with Gasteiger partial charge in [0.15, 0.2) is 0 Å². The number of rotatable bonds is 6. The SMILES string of the molecule is N#C/C(C(=O)NCc1ccccc1)=C1/S[C@@H](Cc2ccc(F)cc2)C(=O)N1c1ccc(Cl)cc1. The highest BCUT2D eigenvalue weighted by Gasteiger charge is 2.40. The van der Waals surface area contributed by atoms with Gasteiger partial charge in [0.25, 0.3) is 5.91 Å². The molecule has 170 valence electrons. The molecule has 34 heavy (non-hydrogen) atoms. The molecule has 3 aromatic carbocycles. The molecule has 1 atom stereocenters. The third kappa shape index (κ3) is 5.30. The first-order valence-electron chi connectivity index (χ1n) is 10.4. The molecule has 0 aliphatic carbocycles. The number of hydrogen-bond donors (Lipinski definition) is 1. The molecule has 5 nitrogen and oxygen atoms in total. The van der Waals surface area contributed by atoms with Gasteiger partial charge in [-0.15, -0.1) is 0 Å². The lowest BCUT2D eigenvalue weighted by Crippen LogP contribution is -2.32. The van der Waals surface area contributed by atoms with E-state index in [0.29, 0.717) is 17.1 Å². The molecular formula is C26H19ClFN3O2S. The molecule has 3 aromatic rings. The molecule has 0 aromatic heterocycles. The third-order valence-electron chi connectivity index (χ3n) is 5.22. The fraction of sp³-hybridized carbons (Fsp3) is 0.115. The van der Waals surface area contributed by atoms with E-state index >= 15 is 0 Å². The van der Waals surface area contributed by atoms with Gasteiger partial charge < -0.3 is 5.32 Å². The van der Waals surface area contributed by atoms with E-state index in [4.69, 9.17) is 11.6 Å². The number of thioether (sulfide) groups is 1. The van der Waals surface area contributed by atoms with Gasteiger partial charge >= 0.3 is 0 Å². The van der Waals surface area contributed by atoms with Crippen LogP contribution in [0.3, 0.4) is 0 Å². The molecule has 0 radical (unpaired) electrons. The average molecular weight is 492 g/mol. The Morgan fingerprint density at radius 1 is 1.03 bits per heavy atom. The van der Waals surface area contributed by atoms with Crippen LogP contribution < -0.4 is 10.2 Å². The summed E-state index contributed by atoms with van der Waals surface area (Å²) in [7, 11) is 0. The summed E-state index contributed by atoms with van der Waals surface area (Å²) < 4.78 is 13.3. The van der Waals surface area contributed by atoms with Crippen LogP contribution in [-0.4, -0.2) is 17.1 Å². The number of nitrogens with zero attached hydrogens (tertiary/aromatic N) is 2. The zero-order valence-corrected chi connectivity index (χ0v) is 19.4. The van der Waals surface area contributed by atoms with E-state index in [1.807, 2.05) is 36.4 Å². The van der Waals surface area contributed by atoms with Gasteiger partial charge in [0.1, 0.15) is 22.5 Å². The molecule has 0 spiro atoms. The van der Waals surface area contributed by atoms with Crippen molar-refractivity contribution < 1.29 is 14.0 Å². The zero-order valence-electron chi connectivity index (χ0n) is 17.9. The maximum atomic E-state index is 13.4. The molecule has 8 heteroatoms. The Morgan fingerprint density at radius 2 is 1.71 bits per heavy atom. The minimum Gasteiger partial charge on any atom is -0.347 e. The van der Waals surface area contributed by atoms with Gasteiger partial charge in [-0.1, -0.05) is 65.8 Å². The molecule has 1 aliphatic rings. The summed E-state index contributed by atoms with van der Waals surface area (Å²) in [6.07, 6.45) is 0.321. The second-order valence-corrected chi connectivity index (χ2v) is 9.18. The minimum absolute atomic E-state index is 0.147. The van der Waals surface area contributed by atoms with Gasteiger partial charge in [-0.3, -0.25) is 14.5 Å². The van der Waals surface area contributed by atoms with Crippen LogP contribution in [0, 0.1) is 17.1 Å². The van der Waals surface area contributed by atoms with Crippen molar-refractivity contribution in [2.75, 3.05) is 4.90 Å². The lowest BCUT2D eigenvalue weighted by Gasteiger charge is -2.19. The number of anilines is 1. The molecular weight excluding hydrogens is 473 g/mol. The van der Waals surface area contributed by atoms with Crippen molar-refractivity contribution in [1.82, 2.24) is 5.32 Å². The van der Waals surface area contributed by atoms with Gasteiger partial charge in [0, 0.05) is 17.3 Å². The number of hydrogen-bond acceptors (Lipinski definition) is 4. The van der Waals surface area contributed by atoms with E-state index in [2.05, 4.69) is 5.32 Å².